The molecule has 0 spiro atoms. The molecule has 4 atom stereocenters. The number of carbonyl (C=O) groups excluding carboxylic acids is 4. The number of aliphatic carboxylic acids is 3. The number of ether oxygens (including phenoxy) is 7. The fraction of sp³-hybridized carbons (Fsp3) is 0.244. The van der Waals surface area contributed by atoms with Gasteiger partial charge in [0, 0.05) is 6.08 Å². The summed E-state index contributed by atoms with van der Waals surface area (Å²) in [7, 11) is 7.48. The van der Waals surface area contributed by atoms with E-state index in [9.17, 15) is 74.4 Å². The second kappa shape index (κ2) is 22.8. The average molecular weight is 919 g/mol. The molecule has 0 amide bonds. The summed E-state index contributed by atoms with van der Waals surface area (Å²) in [6.45, 7) is 0. The molecule has 0 aliphatic rings. The molecule has 24 nitrogen and oxygen atoms in total. The Balaban J connectivity index is 0.000000498. The first-order valence-electron chi connectivity index (χ1n) is 17.7. The van der Waals surface area contributed by atoms with Crippen molar-refractivity contribution in [2.24, 2.45) is 0 Å². The molecule has 4 unspecified atom stereocenters. The molecule has 350 valence electrons. The minimum Gasteiger partial charge on any atom is -0.502 e. The maximum absolute atomic E-state index is 12.9. The van der Waals surface area contributed by atoms with E-state index < -0.39 is 76.3 Å². The van der Waals surface area contributed by atoms with Gasteiger partial charge in [0.25, 0.3) is 11.2 Å². The predicted molar refractivity (Wildman–Crippen MR) is 217 cm³/mol. The molecule has 65 heavy (non-hydrogen) atoms. The van der Waals surface area contributed by atoms with E-state index in [0.29, 0.717) is 17.7 Å². The molecule has 0 saturated carbocycles. The number of aromatic hydroxyl groups is 3. The summed E-state index contributed by atoms with van der Waals surface area (Å²) >= 11 is 0. The topological polar surface area (TPSA) is 386 Å². The van der Waals surface area contributed by atoms with E-state index in [1.54, 1.807) is 0 Å². The maximum atomic E-state index is 12.9. The second-order valence-electron chi connectivity index (χ2n) is 12.5. The van der Waals surface area contributed by atoms with E-state index in [1.165, 1.54) is 85.1 Å². The van der Waals surface area contributed by atoms with Gasteiger partial charge in [-0.1, -0.05) is 12.2 Å². The van der Waals surface area contributed by atoms with Crippen LogP contribution in [0.5, 0.6) is 51.7 Å². The summed E-state index contributed by atoms with van der Waals surface area (Å²) < 4.78 is 33.9. The van der Waals surface area contributed by atoms with Gasteiger partial charge in [-0.2, -0.15) is 0 Å². The molecule has 0 aliphatic heterocycles. The fourth-order valence-electron chi connectivity index (χ4n) is 5.11. The third-order valence-electron chi connectivity index (χ3n) is 8.62. The predicted octanol–water partition coefficient (Wildman–Crippen LogP) is -0.0728. The monoisotopic (exact) mass is 918 g/mol. The van der Waals surface area contributed by atoms with Crippen molar-refractivity contribution in [2.45, 2.75) is 23.4 Å². The van der Waals surface area contributed by atoms with Gasteiger partial charge in [-0.15, -0.1) is 0 Å². The Morgan fingerprint density at radius 1 is 0.477 bits per heavy atom. The van der Waals surface area contributed by atoms with Crippen molar-refractivity contribution in [1.82, 2.24) is 0 Å². The number of benzene rings is 3. The Hall–Kier alpha value is -8.19. The van der Waals surface area contributed by atoms with Gasteiger partial charge < -0.3 is 84.2 Å². The van der Waals surface area contributed by atoms with E-state index in [4.69, 9.17) is 38.6 Å². The zero-order valence-electron chi connectivity index (χ0n) is 34.8. The van der Waals surface area contributed by atoms with Crippen molar-refractivity contribution < 1.29 is 118 Å². The maximum Gasteiger partial charge on any atom is 0.348 e. The molecule has 3 aromatic carbocycles. The van der Waals surface area contributed by atoms with Crippen LogP contribution in [0.25, 0.3) is 18.2 Å². The summed E-state index contributed by atoms with van der Waals surface area (Å²) in [5, 5.41) is 97.3. The van der Waals surface area contributed by atoms with Crippen LogP contribution in [0.3, 0.4) is 0 Å². The van der Waals surface area contributed by atoms with Crippen molar-refractivity contribution in [3.05, 3.63) is 71.3 Å². The summed E-state index contributed by atoms with van der Waals surface area (Å²) in [6.07, 6.45) is -0.196. The number of carboxylic acids is 3. The molecule has 0 aliphatic carbocycles. The van der Waals surface area contributed by atoms with Gasteiger partial charge >= 0.3 is 29.8 Å². The van der Waals surface area contributed by atoms with Crippen molar-refractivity contribution in [2.75, 3.05) is 42.7 Å². The molecule has 0 fully saturated rings. The van der Waals surface area contributed by atoms with Crippen LogP contribution in [0.15, 0.2) is 54.6 Å². The lowest BCUT2D eigenvalue weighted by atomic mass is 9.76. The molecule has 0 bridgehead atoms. The van der Waals surface area contributed by atoms with E-state index in [1.807, 2.05) is 0 Å². The lowest BCUT2D eigenvalue weighted by Gasteiger charge is -2.33. The Kier molecular flexibility index (Phi) is 18.5. The van der Waals surface area contributed by atoms with Gasteiger partial charge in [-0.25, -0.2) is 24.0 Å². The Morgan fingerprint density at radius 2 is 0.738 bits per heavy atom. The Labute approximate surface area is 366 Å². The number of esters is 2. The largest absolute Gasteiger partial charge is 0.502 e. The molecule has 0 heterocycles. The fourth-order valence-corrected chi connectivity index (χ4v) is 5.11. The highest BCUT2D eigenvalue weighted by atomic mass is 16.6. The highest BCUT2D eigenvalue weighted by Gasteiger charge is 2.68. The van der Waals surface area contributed by atoms with Gasteiger partial charge in [-0.3, -0.25) is 9.59 Å². The van der Waals surface area contributed by atoms with E-state index in [-0.39, 0.29) is 51.4 Å². The molecular weight excluding hydrogens is 876 g/mol. The number of hydrogen-bond donors (Lipinski definition) is 10. The first kappa shape index (κ1) is 52.9. The molecule has 0 saturated heterocycles. The highest BCUT2D eigenvalue weighted by Crippen LogP contribution is 2.40. The summed E-state index contributed by atoms with van der Waals surface area (Å²) in [5.41, 5.74) is -7.93. The van der Waals surface area contributed by atoms with E-state index >= 15 is 0 Å². The number of rotatable bonds is 20. The minimum atomic E-state index is -4.20. The SMILES string of the molecule is COc1cc(/C=C/C(=O)C(O)(C(=O)O)C(O)(C(=O)O)C(=O)/C=C/c2cc(OC)c(O)c(OC)c2)cc(OC)c1O.COc1cc(/C=C/C(=O)OC(=O)C(O)C(O)C(=O)O)cc(OC)c1O. The van der Waals surface area contributed by atoms with Crippen LogP contribution >= 0.6 is 0 Å². The Morgan fingerprint density at radius 3 is 0.969 bits per heavy atom. The van der Waals surface area contributed by atoms with Crippen LogP contribution in [0.2, 0.25) is 0 Å². The van der Waals surface area contributed by atoms with Gasteiger partial charge in [-0.05, 0) is 71.3 Å². The molecule has 0 aromatic heterocycles. The number of aliphatic hydroxyl groups excluding tert-OH is 2. The second-order valence-corrected chi connectivity index (χ2v) is 12.5. The summed E-state index contributed by atoms with van der Waals surface area (Å²) in [4.78, 5) is 83.1. The van der Waals surface area contributed by atoms with Crippen molar-refractivity contribution in [3.8, 4) is 51.7 Å². The van der Waals surface area contributed by atoms with Crippen LogP contribution in [0.1, 0.15) is 16.7 Å². The minimum absolute atomic E-state index is 0.0629. The van der Waals surface area contributed by atoms with Crippen LogP contribution in [0, 0.1) is 0 Å². The third-order valence-corrected chi connectivity index (χ3v) is 8.62. The highest BCUT2D eigenvalue weighted by molar-refractivity contribution is 6.27. The van der Waals surface area contributed by atoms with Crippen molar-refractivity contribution in [3.63, 3.8) is 0 Å². The first-order valence-corrected chi connectivity index (χ1v) is 17.7. The van der Waals surface area contributed by atoms with Crippen molar-refractivity contribution >= 4 is 59.6 Å². The van der Waals surface area contributed by atoms with Crippen LogP contribution < -0.4 is 28.4 Å². The van der Waals surface area contributed by atoms with Crippen LogP contribution in [-0.2, 0) is 38.3 Å². The number of phenolic OH excluding ortho intramolecular Hbond substituents is 3. The number of ketones is 2. The summed E-state index contributed by atoms with van der Waals surface area (Å²) in [6, 6.07) is 7.51. The lowest BCUT2D eigenvalue weighted by molar-refractivity contribution is -0.204. The van der Waals surface area contributed by atoms with Gasteiger partial charge in [0.15, 0.2) is 46.7 Å². The van der Waals surface area contributed by atoms with Crippen LogP contribution in [-0.4, -0.2) is 159 Å². The summed E-state index contributed by atoms with van der Waals surface area (Å²) in [5.74, 6) is -14.8. The van der Waals surface area contributed by atoms with Gasteiger partial charge in [0.05, 0.1) is 42.7 Å². The molecule has 24 heteroatoms. The number of phenols is 3. The standard InChI is InChI=1S/C26H26O14.C15H16O10/c1-37-15-9-13(10-16(38-2)21(15)29)5-7-19(27)25(35,23(31)32)26(36,24(33)34)20(28)8-6-14-11-17(39-3)22(30)18(12-14)40-4;1-23-8-5-7(6-9(24-2)11(8)17)3-4-10(16)25-15(22)13(19)12(18)14(20)21/h5-12,29-30,35-36H,1-4H3,(H,31,32)(H,33,34);3-6,12-13,17-19H,1-2H3,(H,20,21)/b7-5+,8-6+;4-3+. The smallest absolute Gasteiger partial charge is 0.348 e. The number of methoxy groups -OCH3 is 6. The molecule has 3 rings (SSSR count). The molecule has 3 aromatic rings. The zero-order chi connectivity index (χ0) is 49.6. The zero-order valence-corrected chi connectivity index (χ0v) is 34.8. The lowest BCUT2D eigenvalue weighted by Crippen LogP contribution is -2.71. The molecule has 0 radical (unpaired) electrons. The number of carbonyl (C=O) groups is 7. The number of aliphatic hydroxyl groups is 4. The van der Waals surface area contributed by atoms with Gasteiger partial charge in [0.1, 0.15) is 0 Å². The normalized spacial score (nSPS) is 13.8. The quantitative estimate of drug-likeness (QED) is 0.0403. The number of hydrogen-bond acceptors (Lipinski definition) is 21. The van der Waals surface area contributed by atoms with Crippen LogP contribution in [0.4, 0.5) is 0 Å². The molecular formula is C41H42O24. The van der Waals surface area contributed by atoms with Crippen molar-refractivity contribution in [1.29, 1.82) is 0 Å². The third kappa shape index (κ3) is 12.0. The Bertz CT molecular complexity index is 2220. The van der Waals surface area contributed by atoms with E-state index in [0.717, 1.165) is 18.2 Å². The number of carboxylic acid groups (broad SMARTS) is 3. The average Bonchev–Trinajstić information content (AvgIpc) is 3.28. The van der Waals surface area contributed by atoms with Gasteiger partial charge in [0.2, 0.25) is 28.8 Å². The van der Waals surface area contributed by atoms with E-state index in [2.05, 4.69) is 4.74 Å². The first-order chi connectivity index (χ1) is 30.4. The molecule has 10 N–H and O–H groups in total.